The molecule has 0 aliphatic rings. The molecule has 0 aliphatic carbocycles. The Morgan fingerprint density at radius 1 is 0.963 bits per heavy atom. The summed E-state index contributed by atoms with van der Waals surface area (Å²) in [6.45, 7) is 0.514. The molecule has 0 saturated heterocycles. The molecule has 5 heteroatoms. The Bertz CT molecular complexity index is 938. The van der Waals surface area contributed by atoms with Crippen molar-refractivity contribution in [2.24, 2.45) is 0 Å². The van der Waals surface area contributed by atoms with Gasteiger partial charge in [-0.3, -0.25) is 4.79 Å². The number of amides is 1. The van der Waals surface area contributed by atoms with Gasteiger partial charge in [0.15, 0.2) is 0 Å². The molecule has 3 aromatic carbocycles. The minimum atomic E-state index is -0.274. The van der Waals surface area contributed by atoms with Gasteiger partial charge in [0, 0.05) is 11.1 Å². The lowest BCUT2D eigenvalue weighted by Crippen LogP contribution is -2.08. The van der Waals surface area contributed by atoms with Gasteiger partial charge in [-0.1, -0.05) is 65.7 Å². The van der Waals surface area contributed by atoms with Gasteiger partial charge in [-0.25, -0.2) is 0 Å². The fourth-order valence-corrected chi connectivity index (χ4v) is 2.81. The average molecular weight is 398 g/mol. The molecular weight excluding hydrogens is 381 g/mol. The van der Waals surface area contributed by atoms with Crippen molar-refractivity contribution in [3.8, 4) is 5.75 Å². The van der Waals surface area contributed by atoms with Crippen LogP contribution in [0.1, 0.15) is 11.1 Å². The van der Waals surface area contributed by atoms with E-state index in [1.54, 1.807) is 24.3 Å². The van der Waals surface area contributed by atoms with E-state index in [1.165, 1.54) is 6.08 Å². The van der Waals surface area contributed by atoms with Crippen molar-refractivity contribution < 1.29 is 9.53 Å². The van der Waals surface area contributed by atoms with Gasteiger partial charge < -0.3 is 10.1 Å². The number of benzene rings is 3. The molecule has 0 fully saturated rings. The molecule has 3 aromatic rings. The Morgan fingerprint density at radius 2 is 1.70 bits per heavy atom. The second kappa shape index (κ2) is 9.26. The highest BCUT2D eigenvalue weighted by Crippen LogP contribution is 2.25. The molecule has 3 rings (SSSR count). The predicted molar refractivity (Wildman–Crippen MR) is 111 cm³/mol. The van der Waals surface area contributed by atoms with E-state index in [2.05, 4.69) is 5.32 Å². The molecule has 0 radical (unpaired) electrons. The number of hydrogen-bond acceptors (Lipinski definition) is 2. The number of ether oxygens (including phenoxy) is 1. The van der Waals surface area contributed by atoms with E-state index < -0.39 is 0 Å². The van der Waals surface area contributed by atoms with Gasteiger partial charge in [-0.2, -0.15) is 0 Å². The average Bonchev–Trinajstić information content (AvgIpc) is 2.68. The van der Waals surface area contributed by atoms with Gasteiger partial charge in [0.2, 0.25) is 5.91 Å². The topological polar surface area (TPSA) is 38.3 Å². The van der Waals surface area contributed by atoms with Crippen molar-refractivity contribution in [1.29, 1.82) is 0 Å². The first kappa shape index (κ1) is 19.0. The van der Waals surface area contributed by atoms with Gasteiger partial charge in [-0.05, 0) is 47.5 Å². The quantitative estimate of drug-likeness (QED) is 0.501. The number of rotatable bonds is 6. The van der Waals surface area contributed by atoms with Gasteiger partial charge >= 0.3 is 0 Å². The van der Waals surface area contributed by atoms with Crippen LogP contribution in [0.15, 0.2) is 78.9 Å². The van der Waals surface area contributed by atoms with Crippen LogP contribution >= 0.6 is 23.2 Å². The molecule has 0 aliphatic heterocycles. The molecule has 0 spiro atoms. The van der Waals surface area contributed by atoms with E-state index >= 15 is 0 Å². The minimum Gasteiger partial charge on any atom is -0.489 e. The van der Waals surface area contributed by atoms with Crippen LogP contribution in [0.4, 0.5) is 5.69 Å². The fraction of sp³-hybridized carbons (Fsp3) is 0.0455. The van der Waals surface area contributed by atoms with Crippen LogP contribution in [-0.2, 0) is 11.4 Å². The largest absolute Gasteiger partial charge is 0.489 e. The van der Waals surface area contributed by atoms with E-state index in [1.807, 2.05) is 54.6 Å². The molecule has 0 saturated carbocycles. The van der Waals surface area contributed by atoms with Crippen LogP contribution in [0.5, 0.6) is 5.75 Å². The second-order valence-corrected chi connectivity index (χ2v) is 6.63. The zero-order valence-corrected chi connectivity index (χ0v) is 15.9. The lowest BCUT2D eigenvalue weighted by Gasteiger charge is -2.06. The maximum absolute atomic E-state index is 12.0. The van der Waals surface area contributed by atoms with Crippen molar-refractivity contribution >= 4 is 40.9 Å². The van der Waals surface area contributed by atoms with Crippen molar-refractivity contribution in [1.82, 2.24) is 0 Å². The lowest BCUT2D eigenvalue weighted by molar-refractivity contribution is -0.111. The van der Waals surface area contributed by atoms with Gasteiger partial charge in [0.05, 0.1) is 10.7 Å². The Hall–Kier alpha value is -2.75. The van der Waals surface area contributed by atoms with E-state index in [0.29, 0.717) is 22.3 Å². The minimum absolute atomic E-state index is 0.274. The molecule has 27 heavy (non-hydrogen) atoms. The number of halogens is 2. The zero-order valence-electron chi connectivity index (χ0n) is 14.4. The lowest BCUT2D eigenvalue weighted by atomic mass is 10.2. The third-order valence-electron chi connectivity index (χ3n) is 3.74. The summed E-state index contributed by atoms with van der Waals surface area (Å²) in [5, 5.41) is 3.63. The first-order chi connectivity index (χ1) is 13.1. The van der Waals surface area contributed by atoms with E-state index in [9.17, 15) is 4.79 Å². The smallest absolute Gasteiger partial charge is 0.248 e. The molecule has 0 atom stereocenters. The Morgan fingerprint density at radius 3 is 2.41 bits per heavy atom. The summed E-state index contributed by atoms with van der Waals surface area (Å²) in [7, 11) is 0. The standard InChI is InChI=1S/C22H17Cl2NO2/c23-18-9-12-21(20(24)14-18)25-22(26)13-8-16-6-10-19(11-7-16)27-15-17-4-2-1-3-5-17/h1-14H,15H2,(H,25,26)/b13-8+. The zero-order chi connectivity index (χ0) is 19.1. The van der Waals surface area contributed by atoms with Crippen LogP contribution in [-0.4, -0.2) is 5.91 Å². The highest BCUT2D eigenvalue weighted by atomic mass is 35.5. The molecule has 1 amide bonds. The first-order valence-corrected chi connectivity index (χ1v) is 9.07. The number of carbonyl (C=O) groups excluding carboxylic acids is 1. The first-order valence-electron chi connectivity index (χ1n) is 8.31. The third-order valence-corrected chi connectivity index (χ3v) is 4.29. The molecule has 0 bridgehead atoms. The van der Waals surface area contributed by atoms with Crippen LogP contribution < -0.4 is 10.1 Å². The Labute approximate surface area is 168 Å². The fourth-order valence-electron chi connectivity index (χ4n) is 2.35. The van der Waals surface area contributed by atoms with Crippen LogP contribution in [0.25, 0.3) is 6.08 Å². The summed E-state index contributed by atoms with van der Waals surface area (Å²) >= 11 is 11.9. The van der Waals surface area contributed by atoms with Crippen molar-refractivity contribution in [2.45, 2.75) is 6.61 Å². The molecule has 0 aromatic heterocycles. The SMILES string of the molecule is O=C(/C=C/c1ccc(OCc2ccccc2)cc1)Nc1ccc(Cl)cc1Cl. The highest BCUT2D eigenvalue weighted by molar-refractivity contribution is 6.36. The molecule has 0 heterocycles. The monoisotopic (exact) mass is 397 g/mol. The summed E-state index contributed by atoms with van der Waals surface area (Å²) in [6.07, 6.45) is 3.17. The number of anilines is 1. The molecule has 3 nitrogen and oxygen atoms in total. The Balaban J connectivity index is 1.54. The molecule has 0 unspecified atom stereocenters. The summed E-state index contributed by atoms with van der Waals surface area (Å²) in [5.41, 5.74) is 2.51. The number of nitrogens with one attached hydrogen (secondary N) is 1. The van der Waals surface area contributed by atoms with Crippen molar-refractivity contribution in [2.75, 3.05) is 5.32 Å². The Kier molecular flexibility index (Phi) is 6.53. The van der Waals surface area contributed by atoms with Gasteiger partial charge in [-0.15, -0.1) is 0 Å². The predicted octanol–water partition coefficient (Wildman–Crippen LogP) is 6.22. The van der Waals surface area contributed by atoms with Crippen LogP contribution in [0.2, 0.25) is 10.0 Å². The summed E-state index contributed by atoms with van der Waals surface area (Å²) < 4.78 is 5.75. The maximum atomic E-state index is 12.0. The van der Waals surface area contributed by atoms with Crippen molar-refractivity contribution in [3.05, 3.63) is 100 Å². The number of carbonyl (C=O) groups is 1. The molecule has 1 N–H and O–H groups in total. The van der Waals surface area contributed by atoms with E-state index in [0.717, 1.165) is 16.9 Å². The third kappa shape index (κ3) is 5.88. The van der Waals surface area contributed by atoms with E-state index in [-0.39, 0.29) is 5.91 Å². The summed E-state index contributed by atoms with van der Waals surface area (Å²) in [5.74, 6) is 0.497. The molecule has 136 valence electrons. The second-order valence-electron chi connectivity index (χ2n) is 5.79. The van der Waals surface area contributed by atoms with E-state index in [4.69, 9.17) is 27.9 Å². The van der Waals surface area contributed by atoms with Crippen LogP contribution in [0, 0.1) is 0 Å². The molecular formula is C22H17Cl2NO2. The normalized spacial score (nSPS) is 10.7. The summed E-state index contributed by atoms with van der Waals surface area (Å²) in [4.78, 5) is 12.0. The summed E-state index contributed by atoms with van der Waals surface area (Å²) in [6, 6.07) is 22.4. The van der Waals surface area contributed by atoms with Gasteiger partial charge in [0.25, 0.3) is 0 Å². The maximum Gasteiger partial charge on any atom is 0.248 e. The highest BCUT2D eigenvalue weighted by Gasteiger charge is 2.04. The van der Waals surface area contributed by atoms with Crippen LogP contribution in [0.3, 0.4) is 0 Å². The van der Waals surface area contributed by atoms with Crippen molar-refractivity contribution in [3.63, 3.8) is 0 Å². The van der Waals surface area contributed by atoms with Gasteiger partial charge in [0.1, 0.15) is 12.4 Å². The number of hydrogen-bond donors (Lipinski definition) is 1.